The smallest absolute Gasteiger partial charge is 0.320 e. The molecule has 1 aromatic carbocycles. The van der Waals surface area contributed by atoms with E-state index in [-0.39, 0.29) is 11.8 Å². The van der Waals surface area contributed by atoms with E-state index in [0.717, 1.165) is 42.5 Å². The number of halogens is 2. The van der Waals surface area contributed by atoms with Crippen LogP contribution in [-0.2, 0) is 6.54 Å². The van der Waals surface area contributed by atoms with E-state index in [1.54, 1.807) is 6.07 Å². The molecule has 0 aromatic heterocycles. The van der Waals surface area contributed by atoms with Crippen molar-refractivity contribution in [3.8, 4) is 0 Å². The molecule has 3 rings (SSSR count). The summed E-state index contributed by atoms with van der Waals surface area (Å²) in [5.74, 6) is -0.268. The van der Waals surface area contributed by atoms with E-state index in [1.165, 1.54) is 12.1 Å². The molecule has 0 unspecified atom stereocenters. The molecule has 0 aliphatic carbocycles. The largest absolute Gasteiger partial charge is 0.320 e. The Balaban J connectivity index is 1.67. The zero-order valence-corrected chi connectivity index (χ0v) is 13.4. The van der Waals surface area contributed by atoms with Crippen molar-refractivity contribution in [2.75, 3.05) is 26.2 Å². The van der Waals surface area contributed by atoms with E-state index in [1.807, 2.05) is 9.80 Å². The molecule has 1 aromatic rings. The van der Waals surface area contributed by atoms with Gasteiger partial charge in [0, 0.05) is 30.1 Å². The summed E-state index contributed by atoms with van der Waals surface area (Å²) in [6.07, 6.45) is 2.03. The summed E-state index contributed by atoms with van der Waals surface area (Å²) in [6.45, 7) is 3.90. The third kappa shape index (κ3) is 3.21. The normalized spacial score (nSPS) is 20.4. The number of hydrogen-bond donors (Lipinski definition) is 1. The second kappa shape index (κ2) is 6.32. The van der Waals surface area contributed by atoms with E-state index in [4.69, 9.17) is 0 Å². The lowest BCUT2D eigenvalue weighted by atomic mass is 10.1. The number of rotatable bonds is 3. The van der Waals surface area contributed by atoms with E-state index in [9.17, 15) is 9.18 Å². The highest BCUT2D eigenvalue weighted by atomic mass is 79.9. The van der Waals surface area contributed by atoms with Gasteiger partial charge in [-0.3, -0.25) is 0 Å². The molecule has 2 fully saturated rings. The molecule has 2 saturated heterocycles. The fourth-order valence-electron chi connectivity index (χ4n) is 3.08. The molecule has 2 aliphatic rings. The number of nitrogens with one attached hydrogen (secondary N) is 1. The van der Waals surface area contributed by atoms with Gasteiger partial charge in [0.15, 0.2) is 0 Å². The van der Waals surface area contributed by atoms with Crippen LogP contribution >= 0.6 is 15.9 Å². The fraction of sp³-hybridized carbons (Fsp3) is 0.533. The second-order valence-electron chi connectivity index (χ2n) is 5.61. The highest BCUT2D eigenvalue weighted by molar-refractivity contribution is 9.10. The van der Waals surface area contributed by atoms with Crippen molar-refractivity contribution in [2.45, 2.75) is 25.4 Å². The maximum Gasteiger partial charge on any atom is 0.320 e. The van der Waals surface area contributed by atoms with Crippen molar-refractivity contribution in [1.29, 1.82) is 0 Å². The minimum Gasteiger partial charge on any atom is -0.320 e. The molecule has 4 nitrogen and oxygen atoms in total. The summed E-state index contributed by atoms with van der Waals surface area (Å²) >= 11 is 3.42. The number of amides is 2. The summed E-state index contributed by atoms with van der Waals surface area (Å²) in [5, 5.41) is 3.32. The highest BCUT2D eigenvalue weighted by Crippen LogP contribution is 2.24. The first-order chi connectivity index (χ1) is 10.1. The number of hydrogen-bond acceptors (Lipinski definition) is 2. The van der Waals surface area contributed by atoms with E-state index in [2.05, 4.69) is 21.2 Å². The number of nitrogens with zero attached hydrogens (tertiary/aromatic N) is 2. The minimum atomic E-state index is -0.268. The molecule has 114 valence electrons. The van der Waals surface area contributed by atoms with Crippen molar-refractivity contribution < 1.29 is 9.18 Å². The predicted molar refractivity (Wildman–Crippen MR) is 82.5 cm³/mol. The Kier molecular flexibility index (Phi) is 4.45. The maximum atomic E-state index is 13.3. The Bertz CT molecular complexity index is 534. The van der Waals surface area contributed by atoms with E-state index >= 15 is 0 Å². The van der Waals surface area contributed by atoms with Gasteiger partial charge in [-0.05, 0) is 49.7 Å². The molecular weight excluding hydrogens is 337 g/mol. The summed E-state index contributed by atoms with van der Waals surface area (Å²) in [6, 6.07) is 5.03. The molecule has 2 heterocycles. The zero-order chi connectivity index (χ0) is 14.8. The second-order valence-corrected chi connectivity index (χ2v) is 6.47. The maximum absolute atomic E-state index is 13.3. The average molecular weight is 356 g/mol. The van der Waals surface area contributed by atoms with Crippen LogP contribution in [0.5, 0.6) is 0 Å². The van der Waals surface area contributed by atoms with Crippen LogP contribution in [0.3, 0.4) is 0 Å². The van der Waals surface area contributed by atoms with Gasteiger partial charge in [-0.15, -0.1) is 0 Å². The minimum absolute atomic E-state index is 0.0815. The van der Waals surface area contributed by atoms with Crippen molar-refractivity contribution >= 4 is 22.0 Å². The monoisotopic (exact) mass is 355 g/mol. The molecule has 21 heavy (non-hydrogen) atoms. The van der Waals surface area contributed by atoms with Gasteiger partial charge >= 0.3 is 6.03 Å². The standard InChI is InChI=1S/C15H19BrFN3O/c16-14-2-1-12(17)9-11(14)10-19-7-8-20(15(19)21)13-3-5-18-6-4-13/h1-2,9,13,18H,3-8,10H2. The molecule has 6 heteroatoms. The summed E-state index contributed by atoms with van der Waals surface area (Å²) in [7, 11) is 0. The highest BCUT2D eigenvalue weighted by Gasteiger charge is 2.34. The van der Waals surface area contributed by atoms with Gasteiger partial charge in [-0.2, -0.15) is 0 Å². The number of carbonyl (C=O) groups is 1. The van der Waals surface area contributed by atoms with Gasteiger partial charge in [-0.1, -0.05) is 15.9 Å². The van der Waals surface area contributed by atoms with Crippen LogP contribution in [-0.4, -0.2) is 48.1 Å². The topological polar surface area (TPSA) is 35.6 Å². The molecule has 0 bridgehead atoms. The van der Waals surface area contributed by atoms with E-state index < -0.39 is 0 Å². The van der Waals surface area contributed by atoms with Crippen LogP contribution in [0.2, 0.25) is 0 Å². The SMILES string of the molecule is O=C1N(Cc2cc(F)ccc2Br)CCN1C1CCNCC1. The van der Waals surface area contributed by atoms with Crippen LogP contribution < -0.4 is 5.32 Å². The van der Waals surface area contributed by atoms with E-state index in [0.29, 0.717) is 19.1 Å². The van der Waals surface area contributed by atoms with Crippen molar-refractivity contribution in [3.63, 3.8) is 0 Å². The van der Waals surface area contributed by atoms with Gasteiger partial charge in [0.05, 0.1) is 0 Å². The Morgan fingerprint density at radius 1 is 1.29 bits per heavy atom. The summed E-state index contributed by atoms with van der Waals surface area (Å²) in [5.41, 5.74) is 0.815. The lowest BCUT2D eigenvalue weighted by Crippen LogP contribution is -2.45. The van der Waals surface area contributed by atoms with Gasteiger partial charge in [-0.25, -0.2) is 9.18 Å². The third-order valence-electron chi connectivity index (χ3n) is 4.25. The summed E-state index contributed by atoms with van der Waals surface area (Å²) in [4.78, 5) is 16.3. The number of piperidine rings is 1. The molecule has 0 saturated carbocycles. The Morgan fingerprint density at radius 2 is 2.05 bits per heavy atom. The van der Waals surface area contributed by atoms with Crippen LogP contribution in [0.1, 0.15) is 18.4 Å². The Labute approximate surface area is 132 Å². The van der Waals surface area contributed by atoms with Gasteiger partial charge in [0.25, 0.3) is 0 Å². The molecule has 2 amide bonds. The van der Waals surface area contributed by atoms with Crippen LogP contribution in [0, 0.1) is 5.82 Å². The third-order valence-corrected chi connectivity index (χ3v) is 5.02. The van der Waals surface area contributed by atoms with Gasteiger partial charge < -0.3 is 15.1 Å². The van der Waals surface area contributed by atoms with Crippen molar-refractivity contribution in [2.24, 2.45) is 0 Å². The summed E-state index contributed by atoms with van der Waals surface area (Å²) < 4.78 is 14.2. The van der Waals surface area contributed by atoms with Gasteiger partial charge in [0.2, 0.25) is 0 Å². The first kappa shape index (κ1) is 14.8. The molecule has 1 N–H and O–H groups in total. The molecule has 2 aliphatic heterocycles. The fourth-order valence-corrected chi connectivity index (χ4v) is 3.45. The quantitative estimate of drug-likeness (QED) is 0.904. The predicted octanol–water partition coefficient (Wildman–Crippen LogP) is 2.58. The van der Waals surface area contributed by atoms with Crippen LogP contribution in [0.15, 0.2) is 22.7 Å². The average Bonchev–Trinajstić information content (AvgIpc) is 2.85. The van der Waals surface area contributed by atoms with Crippen LogP contribution in [0.4, 0.5) is 9.18 Å². The van der Waals surface area contributed by atoms with Crippen LogP contribution in [0.25, 0.3) is 0 Å². The first-order valence-electron chi connectivity index (χ1n) is 7.35. The molecule has 0 radical (unpaired) electrons. The van der Waals surface area contributed by atoms with Gasteiger partial charge in [0.1, 0.15) is 5.82 Å². The number of urea groups is 1. The molecular formula is C15H19BrFN3O. The zero-order valence-electron chi connectivity index (χ0n) is 11.8. The first-order valence-corrected chi connectivity index (χ1v) is 8.14. The lowest BCUT2D eigenvalue weighted by molar-refractivity contribution is 0.164. The number of carbonyl (C=O) groups excluding carboxylic acids is 1. The van der Waals surface area contributed by atoms with Crippen molar-refractivity contribution in [3.05, 3.63) is 34.1 Å². The number of benzene rings is 1. The Hall–Kier alpha value is -1.14. The van der Waals surface area contributed by atoms with Crippen molar-refractivity contribution in [1.82, 2.24) is 15.1 Å². The lowest BCUT2D eigenvalue weighted by Gasteiger charge is -2.31. The molecule has 0 spiro atoms. The Morgan fingerprint density at radius 3 is 2.81 bits per heavy atom. The molecule has 0 atom stereocenters.